The van der Waals surface area contributed by atoms with E-state index in [1.54, 1.807) is 6.20 Å². The van der Waals surface area contributed by atoms with Crippen LogP contribution in [-0.4, -0.2) is 21.9 Å². The molecule has 2 heterocycles. The molecule has 1 aromatic rings. The van der Waals surface area contributed by atoms with Gasteiger partial charge in [0.25, 0.3) is 0 Å². The molecule has 100 valence electrons. The van der Waals surface area contributed by atoms with E-state index in [-0.39, 0.29) is 5.91 Å². The Balaban J connectivity index is 1.57. The van der Waals surface area contributed by atoms with Gasteiger partial charge in [-0.2, -0.15) is 0 Å². The van der Waals surface area contributed by atoms with Crippen LogP contribution >= 0.6 is 32.9 Å². The van der Waals surface area contributed by atoms with Crippen LogP contribution in [0.5, 0.6) is 0 Å². The molecule has 1 fully saturated rings. The SMILES string of the molecule is Cc1cnc(NC(=O)CCCCC2CCSS2)s1. The van der Waals surface area contributed by atoms with Crippen LogP contribution in [0, 0.1) is 6.92 Å². The Bertz CT molecular complexity index is 388. The molecular weight excluding hydrogens is 284 g/mol. The second-order valence-corrected chi connectivity index (χ2v) is 8.42. The number of anilines is 1. The molecule has 1 N–H and O–H groups in total. The molecule has 0 radical (unpaired) electrons. The molecule has 0 saturated carbocycles. The second-order valence-electron chi connectivity index (χ2n) is 4.40. The number of carbonyl (C=O) groups is 1. The lowest BCUT2D eigenvalue weighted by Crippen LogP contribution is -2.11. The fourth-order valence-corrected chi connectivity index (χ4v) is 5.52. The van der Waals surface area contributed by atoms with E-state index >= 15 is 0 Å². The number of rotatable bonds is 6. The van der Waals surface area contributed by atoms with Crippen LogP contribution in [0.3, 0.4) is 0 Å². The Morgan fingerprint density at radius 2 is 2.44 bits per heavy atom. The zero-order valence-corrected chi connectivity index (χ0v) is 12.9. The zero-order valence-electron chi connectivity index (χ0n) is 10.5. The minimum atomic E-state index is 0.0952. The molecule has 0 aliphatic carbocycles. The fourth-order valence-electron chi connectivity index (χ4n) is 1.82. The molecule has 1 atom stereocenters. The van der Waals surface area contributed by atoms with Crippen LogP contribution in [0.25, 0.3) is 0 Å². The number of nitrogens with one attached hydrogen (secondary N) is 1. The summed E-state index contributed by atoms with van der Waals surface area (Å²) in [6.07, 6.45) is 7.13. The number of unbranched alkanes of at least 4 members (excludes halogenated alkanes) is 1. The summed E-state index contributed by atoms with van der Waals surface area (Å²) in [6.45, 7) is 1.99. The van der Waals surface area contributed by atoms with Crippen molar-refractivity contribution in [2.45, 2.75) is 44.3 Å². The summed E-state index contributed by atoms with van der Waals surface area (Å²) in [5.41, 5.74) is 0. The smallest absolute Gasteiger partial charge is 0.226 e. The number of amides is 1. The first-order valence-electron chi connectivity index (χ1n) is 6.24. The molecule has 1 unspecified atom stereocenters. The van der Waals surface area contributed by atoms with E-state index in [9.17, 15) is 4.79 Å². The molecule has 0 bridgehead atoms. The highest BCUT2D eigenvalue weighted by Gasteiger charge is 2.15. The normalized spacial score (nSPS) is 19.1. The van der Waals surface area contributed by atoms with Crippen LogP contribution < -0.4 is 5.32 Å². The second kappa shape index (κ2) is 7.40. The molecule has 1 aliphatic rings. The van der Waals surface area contributed by atoms with E-state index in [1.165, 1.54) is 29.9 Å². The van der Waals surface area contributed by atoms with Gasteiger partial charge in [0.15, 0.2) is 5.13 Å². The highest BCUT2D eigenvalue weighted by atomic mass is 33.1. The monoisotopic (exact) mass is 302 g/mol. The van der Waals surface area contributed by atoms with Gasteiger partial charge in [-0.1, -0.05) is 28.0 Å². The van der Waals surface area contributed by atoms with Gasteiger partial charge in [0, 0.05) is 28.5 Å². The summed E-state index contributed by atoms with van der Waals surface area (Å²) in [4.78, 5) is 16.9. The van der Waals surface area contributed by atoms with Crippen molar-refractivity contribution in [2.75, 3.05) is 11.1 Å². The molecule has 18 heavy (non-hydrogen) atoms. The molecule has 1 aromatic heterocycles. The van der Waals surface area contributed by atoms with Gasteiger partial charge in [0.1, 0.15) is 0 Å². The Hall–Kier alpha value is -0.200. The van der Waals surface area contributed by atoms with Crippen LogP contribution in [0.4, 0.5) is 5.13 Å². The van der Waals surface area contributed by atoms with Crippen molar-refractivity contribution in [2.24, 2.45) is 0 Å². The van der Waals surface area contributed by atoms with Crippen molar-refractivity contribution < 1.29 is 4.79 Å². The number of carbonyl (C=O) groups excluding carboxylic acids is 1. The van der Waals surface area contributed by atoms with Gasteiger partial charge in [-0.3, -0.25) is 4.79 Å². The average Bonchev–Trinajstić information content (AvgIpc) is 2.96. The summed E-state index contributed by atoms with van der Waals surface area (Å²) in [7, 11) is 4.00. The van der Waals surface area contributed by atoms with Crippen LogP contribution in [0.2, 0.25) is 0 Å². The minimum Gasteiger partial charge on any atom is -0.302 e. The van der Waals surface area contributed by atoms with Gasteiger partial charge in [0.2, 0.25) is 5.91 Å². The first kappa shape index (κ1) is 14.2. The molecule has 2 rings (SSSR count). The molecule has 3 nitrogen and oxygen atoms in total. The molecule has 1 aliphatic heterocycles. The lowest BCUT2D eigenvalue weighted by atomic mass is 10.1. The quantitative estimate of drug-likeness (QED) is 0.634. The van der Waals surface area contributed by atoms with Crippen LogP contribution in [0.15, 0.2) is 6.20 Å². The van der Waals surface area contributed by atoms with Crippen molar-refractivity contribution in [1.82, 2.24) is 4.98 Å². The lowest BCUT2D eigenvalue weighted by molar-refractivity contribution is -0.116. The number of thiazole rings is 1. The third kappa shape index (κ3) is 4.82. The predicted molar refractivity (Wildman–Crippen MR) is 82.4 cm³/mol. The Morgan fingerprint density at radius 1 is 1.56 bits per heavy atom. The fraction of sp³-hybridized carbons (Fsp3) is 0.667. The van der Waals surface area contributed by atoms with E-state index < -0.39 is 0 Å². The maximum Gasteiger partial charge on any atom is 0.226 e. The van der Waals surface area contributed by atoms with E-state index in [0.29, 0.717) is 6.42 Å². The number of hydrogen-bond acceptors (Lipinski definition) is 5. The number of aryl methyl sites for hydroxylation is 1. The van der Waals surface area contributed by atoms with Crippen molar-refractivity contribution in [3.63, 3.8) is 0 Å². The molecule has 0 aromatic carbocycles. The van der Waals surface area contributed by atoms with Gasteiger partial charge in [0.05, 0.1) is 0 Å². The van der Waals surface area contributed by atoms with Gasteiger partial charge < -0.3 is 5.32 Å². The summed E-state index contributed by atoms with van der Waals surface area (Å²) in [5.74, 6) is 1.39. The van der Waals surface area contributed by atoms with E-state index in [1.807, 2.05) is 28.5 Å². The summed E-state index contributed by atoms with van der Waals surface area (Å²) in [5, 5.41) is 4.39. The Kier molecular flexibility index (Phi) is 5.85. The van der Waals surface area contributed by atoms with Gasteiger partial charge in [-0.05, 0) is 26.2 Å². The maximum atomic E-state index is 11.7. The summed E-state index contributed by atoms with van der Waals surface area (Å²) < 4.78 is 0. The van der Waals surface area contributed by atoms with Crippen molar-refractivity contribution in [3.8, 4) is 0 Å². The Morgan fingerprint density at radius 3 is 3.11 bits per heavy atom. The zero-order chi connectivity index (χ0) is 12.8. The van der Waals surface area contributed by atoms with E-state index in [2.05, 4.69) is 10.3 Å². The van der Waals surface area contributed by atoms with E-state index in [0.717, 1.165) is 28.1 Å². The highest BCUT2D eigenvalue weighted by Crippen LogP contribution is 2.39. The molecular formula is C12H18N2OS3. The molecule has 0 spiro atoms. The van der Waals surface area contributed by atoms with Crippen LogP contribution in [-0.2, 0) is 4.79 Å². The van der Waals surface area contributed by atoms with Gasteiger partial charge in [-0.25, -0.2) is 4.98 Å². The summed E-state index contributed by atoms with van der Waals surface area (Å²) in [6, 6.07) is 0. The standard InChI is InChI=1S/C12H18N2OS3/c1-9-8-13-12(17-9)14-11(15)5-3-2-4-10-6-7-16-18-10/h8,10H,2-7H2,1H3,(H,13,14,15). The number of hydrogen-bond donors (Lipinski definition) is 1. The van der Waals surface area contributed by atoms with E-state index in [4.69, 9.17) is 0 Å². The molecule has 1 saturated heterocycles. The highest BCUT2D eigenvalue weighted by molar-refractivity contribution is 8.77. The first-order valence-corrected chi connectivity index (χ1v) is 9.44. The largest absolute Gasteiger partial charge is 0.302 e. The third-order valence-electron chi connectivity index (χ3n) is 2.77. The van der Waals surface area contributed by atoms with Crippen molar-refractivity contribution >= 4 is 44.0 Å². The average molecular weight is 302 g/mol. The van der Waals surface area contributed by atoms with Crippen molar-refractivity contribution in [1.29, 1.82) is 0 Å². The number of aromatic nitrogens is 1. The summed E-state index contributed by atoms with van der Waals surface area (Å²) >= 11 is 1.53. The first-order chi connectivity index (χ1) is 8.74. The Labute approximate surface area is 120 Å². The van der Waals surface area contributed by atoms with Gasteiger partial charge in [-0.15, -0.1) is 11.3 Å². The lowest BCUT2D eigenvalue weighted by Gasteiger charge is -2.06. The van der Waals surface area contributed by atoms with Crippen LogP contribution in [0.1, 0.15) is 37.0 Å². The minimum absolute atomic E-state index is 0.0952. The third-order valence-corrected chi connectivity index (χ3v) is 6.61. The molecule has 1 amide bonds. The number of nitrogens with zero attached hydrogens (tertiary/aromatic N) is 1. The maximum absolute atomic E-state index is 11.7. The van der Waals surface area contributed by atoms with Crippen molar-refractivity contribution in [3.05, 3.63) is 11.1 Å². The molecule has 6 heteroatoms. The van der Waals surface area contributed by atoms with Gasteiger partial charge >= 0.3 is 0 Å². The predicted octanol–water partition coefficient (Wildman–Crippen LogP) is 4.10. The topological polar surface area (TPSA) is 42.0 Å².